The summed E-state index contributed by atoms with van der Waals surface area (Å²) >= 11 is 0. The summed E-state index contributed by atoms with van der Waals surface area (Å²) in [6, 6.07) is 6.15. The Morgan fingerprint density at radius 1 is 1.29 bits per heavy atom. The Labute approximate surface area is 120 Å². The molecule has 0 spiro atoms. The molecule has 0 aliphatic rings. The number of carboxylic acid groups (broad SMARTS) is 1. The molecule has 1 rings (SSSR count). The van der Waals surface area contributed by atoms with Gasteiger partial charge in [-0.05, 0) is 18.5 Å². The standard InChI is InChI=1S/C10H12N2O4.Na/c13-10(14)7-11-6-5-8-1-3-9(4-2-8)12(15)16;/h1-4,11H,5-7H2,(H,13,14);/q;+1/p-1. The normalized spacial score (nSPS) is 9.41. The molecule has 0 saturated carbocycles. The van der Waals surface area contributed by atoms with Gasteiger partial charge in [0.25, 0.3) is 5.69 Å². The molecule has 6 nitrogen and oxygen atoms in total. The fraction of sp³-hybridized carbons (Fsp3) is 0.300. The number of hydrogen-bond donors (Lipinski definition) is 1. The molecule has 17 heavy (non-hydrogen) atoms. The van der Waals surface area contributed by atoms with Crippen molar-refractivity contribution in [2.75, 3.05) is 13.1 Å². The van der Waals surface area contributed by atoms with Gasteiger partial charge in [0.15, 0.2) is 0 Å². The summed E-state index contributed by atoms with van der Waals surface area (Å²) in [4.78, 5) is 20.0. The maximum absolute atomic E-state index is 10.4. The van der Waals surface area contributed by atoms with Gasteiger partial charge in [0, 0.05) is 18.7 Å². The van der Waals surface area contributed by atoms with Crippen molar-refractivity contribution in [3.8, 4) is 0 Å². The number of nitro benzene ring substituents is 1. The number of carbonyl (C=O) groups excluding carboxylic acids is 1. The Morgan fingerprint density at radius 3 is 2.35 bits per heavy atom. The Balaban J connectivity index is 0.00000256. The molecule has 0 atom stereocenters. The zero-order chi connectivity index (χ0) is 12.0. The largest absolute Gasteiger partial charge is 1.00 e. The molecule has 86 valence electrons. The van der Waals surface area contributed by atoms with E-state index in [0.29, 0.717) is 13.0 Å². The van der Waals surface area contributed by atoms with Gasteiger partial charge in [-0.25, -0.2) is 0 Å². The van der Waals surface area contributed by atoms with Crippen LogP contribution in [0.15, 0.2) is 24.3 Å². The molecule has 0 amide bonds. The molecule has 7 heteroatoms. The van der Waals surface area contributed by atoms with E-state index in [0.717, 1.165) is 5.56 Å². The summed E-state index contributed by atoms with van der Waals surface area (Å²) in [6.07, 6.45) is 0.616. The maximum Gasteiger partial charge on any atom is 1.00 e. The monoisotopic (exact) mass is 246 g/mol. The Hall–Kier alpha value is -0.950. The van der Waals surface area contributed by atoms with Crippen LogP contribution in [0.3, 0.4) is 0 Å². The van der Waals surface area contributed by atoms with Gasteiger partial charge in [-0.15, -0.1) is 0 Å². The number of benzene rings is 1. The van der Waals surface area contributed by atoms with Crippen LogP contribution in [-0.2, 0) is 11.2 Å². The van der Waals surface area contributed by atoms with E-state index in [1.54, 1.807) is 12.1 Å². The zero-order valence-electron chi connectivity index (χ0n) is 9.51. The van der Waals surface area contributed by atoms with Crippen LogP contribution in [0.5, 0.6) is 0 Å². The van der Waals surface area contributed by atoms with E-state index < -0.39 is 10.9 Å². The average molecular weight is 246 g/mol. The molecule has 1 aromatic rings. The third-order valence-corrected chi connectivity index (χ3v) is 2.01. The summed E-state index contributed by atoms with van der Waals surface area (Å²) in [7, 11) is 0. The maximum atomic E-state index is 10.4. The molecule has 0 aliphatic carbocycles. The quantitative estimate of drug-likeness (QED) is 0.243. The zero-order valence-corrected chi connectivity index (χ0v) is 11.5. The number of carboxylic acids is 1. The number of nitro groups is 1. The Kier molecular flexibility index (Phi) is 7.73. The number of nitrogens with zero attached hydrogens (tertiary/aromatic N) is 1. The first-order valence-corrected chi connectivity index (χ1v) is 4.73. The Bertz CT molecular complexity index is 380. The number of rotatable bonds is 6. The van der Waals surface area contributed by atoms with Crippen molar-refractivity contribution >= 4 is 11.7 Å². The summed E-state index contributed by atoms with van der Waals surface area (Å²) in [5.41, 5.74) is 0.961. The van der Waals surface area contributed by atoms with Crippen LogP contribution in [0.4, 0.5) is 5.69 Å². The minimum absolute atomic E-state index is 0. The molecule has 0 saturated heterocycles. The van der Waals surface area contributed by atoms with Crippen molar-refractivity contribution in [3.63, 3.8) is 0 Å². The van der Waals surface area contributed by atoms with Crippen LogP contribution in [0.25, 0.3) is 0 Å². The van der Waals surface area contributed by atoms with Gasteiger partial charge < -0.3 is 15.2 Å². The minimum Gasteiger partial charge on any atom is -0.549 e. The van der Waals surface area contributed by atoms with Crippen LogP contribution >= 0.6 is 0 Å². The third-order valence-electron chi connectivity index (χ3n) is 2.01. The van der Waals surface area contributed by atoms with Gasteiger partial charge in [-0.3, -0.25) is 10.1 Å². The first-order valence-electron chi connectivity index (χ1n) is 4.73. The molecule has 0 aliphatic heterocycles. The van der Waals surface area contributed by atoms with Crippen molar-refractivity contribution in [1.82, 2.24) is 5.32 Å². The van der Waals surface area contributed by atoms with E-state index in [2.05, 4.69) is 5.32 Å². The average Bonchev–Trinajstić information content (AvgIpc) is 2.25. The summed E-state index contributed by atoms with van der Waals surface area (Å²) in [6.45, 7) is 0.304. The van der Waals surface area contributed by atoms with Crippen LogP contribution in [0, 0.1) is 10.1 Å². The van der Waals surface area contributed by atoms with Gasteiger partial charge >= 0.3 is 29.6 Å². The van der Waals surface area contributed by atoms with Crippen molar-refractivity contribution in [2.45, 2.75) is 6.42 Å². The van der Waals surface area contributed by atoms with E-state index in [9.17, 15) is 20.0 Å². The molecule has 1 aromatic carbocycles. The number of non-ortho nitro benzene ring substituents is 1. The van der Waals surface area contributed by atoms with E-state index in [-0.39, 0.29) is 41.8 Å². The number of carbonyl (C=O) groups is 1. The van der Waals surface area contributed by atoms with Crippen molar-refractivity contribution in [1.29, 1.82) is 0 Å². The van der Waals surface area contributed by atoms with Crippen LogP contribution < -0.4 is 40.0 Å². The molecule has 0 radical (unpaired) electrons. The molecular weight excluding hydrogens is 235 g/mol. The molecule has 0 fully saturated rings. The topological polar surface area (TPSA) is 95.3 Å². The summed E-state index contributed by atoms with van der Waals surface area (Å²) in [5.74, 6) is -1.15. The van der Waals surface area contributed by atoms with Crippen molar-refractivity contribution in [3.05, 3.63) is 39.9 Å². The smallest absolute Gasteiger partial charge is 0.549 e. The van der Waals surface area contributed by atoms with Gasteiger partial charge in [0.1, 0.15) is 0 Å². The molecule has 0 bridgehead atoms. The molecule has 0 unspecified atom stereocenters. The van der Waals surface area contributed by atoms with Crippen LogP contribution in [0.2, 0.25) is 0 Å². The predicted molar refractivity (Wildman–Crippen MR) is 54.7 cm³/mol. The van der Waals surface area contributed by atoms with Gasteiger partial charge in [-0.1, -0.05) is 12.1 Å². The second-order valence-electron chi connectivity index (χ2n) is 3.22. The third kappa shape index (κ3) is 6.38. The molecule has 0 heterocycles. The molecule has 1 N–H and O–H groups in total. The number of nitrogens with one attached hydrogen (secondary N) is 1. The first kappa shape index (κ1) is 16.1. The molecular formula is C10H11N2NaO4. The second kappa shape index (κ2) is 8.19. The van der Waals surface area contributed by atoms with E-state index in [1.807, 2.05) is 0 Å². The molecule has 0 aromatic heterocycles. The van der Waals surface area contributed by atoms with E-state index in [4.69, 9.17) is 0 Å². The van der Waals surface area contributed by atoms with E-state index >= 15 is 0 Å². The van der Waals surface area contributed by atoms with Gasteiger partial charge in [-0.2, -0.15) is 0 Å². The summed E-state index contributed by atoms with van der Waals surface area (Å²) < 4.78 is 0. The predicted octanol–water partition coefficient (Wildman–Crippen LogP) is -3.52. The van der Waals surface area contributed by atoms with Crippen LogP contribution in [0.1, 0.15) is 5.56 Å². The fourth-order valence-corrected chi connectivity index (χ4v) is 1.21. The fourth-order valence-electron chi connectivity index (χ4n) is 1.21. The summed E-state index contributed by atoms with van der Waals surface area (Å²) in [5, 5.41) is 23.1. The second-order valence-corrected chi connectivity index (χ2v) is 3.22. The van der Waals surface area contributed by atoms with Gasteiger partial charge in [0.2, 0.25) is 0 Å². The first-order chi connectivity index (χ1) is 7.59. The van der Waals surface area contributed by atoms with Gasteiger partial charge in [0.05, 0.1) is 10.9 Å². The van der Waals surface area contributed by atoms with Crippen molar-refractivity contribution < 1.29 is 44.4 Å². The Morgan fingerprint density at radius 2 is 1.88 bits per heavy atom. The van der Waals surface area contributed by atoms with Crippen molar-refractivity contribution in [2.24, 2.45) is 0 Å². The van der Waals surface area contributed by atoms with E-state index in [1.165, 1.54) is 12.1 Å². The SMILES string of the molecule is O=C([O-])CNCCc1ccc([N+](=O)[O-])cc1.[Na+]. The minimum atomic E-state index is -1.15. The number of hydrogen-bond acceptors (Lipinski definition) is 5. The van der Waals surface area contributed by atoms with Crippen LogP contribution in [-0.4, -0.2) is 24.0 Å². The number of aliphatic carboxylic acids is 1.